The van der Waals surface area contributed by atoms with E-state index in [-0.39, 0.29) is 0 Å². The molecule has 0 radical (unpaired) electrons. The molecule has 0 spiro atoms. The monoisotopic (exact) mass is 394 g/mol. The summed E-state index contributed by atoms with van der Waals surface area (Å²) in [5.74, 6) is 1.30. The molecule has 4 nitrogen and oxygen atoms in total. The lowest BCUT2D eigenvalue weighted by molar-refractivity contribution is 0.352. The second kappa shape index (κ2) is 8.74. The van der Waals surface area contributed by atoms with Gasteiger partial charge in [-0.2, -0.15) is 0 Å². The Labute approximate surface area is 165 Å². The molecule has 1 heterocycles. The molecule has 0 saturated carbocycles. The Morgan fingerprint density at radius 2 is 1.77 bits per heavy atom. The number of hydrogen-bond acceptors (Lipinski definition) is 4. The number of nitrogens with one attached hydrogen (secondary N) is 1. The summed E-state index contributed by atoms with van der Waals surface area (Å²) >= 11 is 12.7. The van der Waals surface area contributed by atoms with Crippen molar-refractivity contribution in [2.24, 2.45) is 0 Å². The molecule has 1 saturated heterocycles. The first-order chi connectivity index (χ1) is 12.6. The number of anilines is 2. The van der Waals surface area contributed by atoms with Crippen LogP contribution >= 0.6 is 23.2 Å². The van der Waals surface area contributed by atoms with E-state index in [1.807, 2.05) is 12.1 Å². The molecular formula is C20H24Cl2N2O2. The van der Waals surface area contributed by atoms with Gasteiger partial charge in [-0.25, -0.2) is 0 Å². The Morgan fingerprint density at radius 1 is 1.00 bits per heavy atom. The zero-order valence-electron chi connectivity index (χ0n) is 15.1. The van der Waals surface area contributed by atoms with Gasteiger partial charge in [0.1, 0.15) is 0 Å². The van der Waals surface area contributed by atoms with E-state index < -0.39 is 0 Å². The smallest absolute Gasteiger partial charge is 0.165 e. The van der Waals surface area contributed by atoms with Crippen molar-refractivity contribution in [1.82, 2.24) is 0 Å². The van der Waals surface area contributed by atoms with Crippen LogP contribution < -0.4 is 19.7 Å². The number of piperidine rings is 1. The lowest BCUT2D eigenvalue weighted by Gasteiger charge is -2.29. The lowest BCUT2D eigenvalue weighted by atomic mass is 10.1. The molecule has 0 unspecified atom stereocenters. The van der Waals surface area contributed by atoms with E-state index in [1.165, 1.54) is 19.3 Å². The summed E-state index contributed by atoms with van der Waals surface area (Å²) < 4.78 is 10.8. The van der Waals surface area contributed by atoms with Gasteiger partial charge in [0, 0.05) is 42.0 Å². The number of ether oxygens (including phenoxy) is 2. The second-order valence-electron chi connectivity index (χ2n) is 6.37. The maximum absolute atomic E-state index is 6.53. The van der Waals surface area contributed by atoms with Gasteiger partial charge in [0.05, 0.1) is 24.9 Å². The fourth-order valence-electron chi connectivity index (χ4n) is 3.34. The van der Waals surface area contributed by atoms with Gasteiger partial charge in [0.15, 0.2) is 11.5 Å². The molecule has 2 aromatic carbocycles. The average molecular weight is 395 g/mol. The van der Waals surface area contributed by atoms with Crippen molar-refractivity contribution in [1.29, 1.82) is 0 Å². The molecule has 1 aliphatic rings. The summed E-state index contributed by atoms with van der Waals surface area (Å²) in [7, 11) is 3.23. The minimum absolute atomic E-state index is 0.555. The summed E-state index contributed by atoms with van der Waals surface area (Å²) in [4.78, 5) is 2.36. The number of methoxy groups -OCH3 is 2. The summed E-state index contributed by atoms with van der Waals surface area (Å²) in [6, 6.07) is 9.74. The molecule has 1 fully saturated rings. The minimum atomic E-state index is 0.555. The fraction of sp³-hybridized carbons (Fsp3) is 0.400. The van der Waals surface area contributed by atoms with E-state index >= 15 is 0 Å². The largest absolute Gasteiger partial charge is 0.493 e. The van der Waals surface area contributed by atoms with Gasteiger partial charge in [-0.3, -0.25) is 0 Å². The van der Waals surface area contributed by atoms with Crippen molar-refractivity contribution in [2.45, 2.75) is 25.8 Å². The summed E-state index contributed by atoms with van der Waals surface area (Å²) in [6.45, 7) is 2.71. The third-order valence-electron chi connectivity index (χ3n) is 4.65. The summed E-state index contributed by atoms with van der Waals surface area (Å²) in [5, 5.41) is 4.77. The molecule has 6 heteroatoms. The highest BCUT2D eigenvalue weighted by atomic mass is 35.5. The van der Waals surface area contributed by atoms with Crippen LogP contribution in [0.3, 0.4) is 0 Å². The maximum Gasteiger partial charge on any atom is 0.165 e. The average Bonchev–Trinajstić information content (AvgIpc) is 2.66. The topological polar surface area (TPSA) is 33.7 Å². The number of halogens is 2. The quantitative estimate of drug-likeness (QED) is 0.689. The van der Waals surface area contributed by atoms with Crippen LogP contribution in [-0.2, 0) is 6.54 Å². The molecule has 0 amide bonds. The molecule has 0 bridgehead atoms. The van der Waals surface area contributed by atoms with Crippen LogP contribution in [0.1, 0.15) is 24.8 Å². The van der Waals surface area contributed by atoms with Crippen molar-refractivity contribution >= 4 is 34.6 Å². The first-order valence-electron chi connectivity index (χ1n) is 8.81. The van der Waals surface area contributed by atoms with Crippen LogP contribution in [0.15, 0.2) is 30.3 Å². The van der Waals surface area contributed by atoms with Gasteiger partial charge < -0.3 is 19.7 Å². The number of hydrogen-bond donors (Lipinski definition) is 1. The predicted molar refractivity (Wildman–Crippen MR) is 109 cm³/mol. The molecule has 0 atom stereocenters. The summed E-state index contributed by atoms with van der Waals surface area (Å²) in [6.07, 6.45) is 3.76. The van der Waals surface area contributed by atoms with Gasteiger partial charge in [-0.15, -0.1) is 0 Å². The van der Waals surface area contributed by atoms with E-state index in [9.17, 15) is 0 Å². The minimum Gasteiger partial charge on any atom is -0.493 e. The van der Waals surface area contributed by atoms with Crippen LogP contribution in [0.25, 0.3) is 0 Å². The highest BCUT2D eigenvalue weighted by Gasteiger charge is 2.15. The molecule has 1 N–H and O–H groups in total. The molecule has 0 aromatic heterocycles. The zero-order valence-corrected chi connectivity index (χ0v) is 16.7. The van der Waals surface area contributed by atoms with Crippen LogP contribution in [0.5, 0.6) is 11.5 Å². The second-order valence-corrected chi connectivity index (χ2v) is 7.21. The molecule has 140 valence electrons. The van der Waals surface area contributed by atoms with Crippen molar-refractivity contribution in [3.63, 3.8) is 0 Å². The molecule has 2 aromatic rings. The Morgan fingerprint density at radius 3 is 2.42 bits per heavy atom. The van der Waals surface area contributed by atoms with Crippen LogP contribution in [0, 0.1) is 0 Å². The standard InChI is InChI=1S/C20H24Cl2N2O2/c1-25-19-11-15(21)10-14(20(19)26-2)13-23-16-6-7-18(17(22)12-16)24-8-4-3-5-9-24/h6-7,10-12,23H,3-5,8-9,13H2,1-2H3. The maximum atomic E-state index is 6.53. The SMILES string of the molecule is COc1cc(Cl)cc(CNc2ccc(N3CCCCC3)c(Cl)c2)c1OC. The van der Waals surface area contributed by atoms with Gasteiger partial charge in [-0.1, -0.05) is 23.2 Å². The normalized spacial score (nSPS) is 14.2. The van der Waals surface area contributed by atoms with Crippen molar-refractivity contribution < 1.29 is 9.47 Å². The fourth-order valence-corrected chi connectivity index (χ4v) is 3.87. The first-order valence-corrected chi connectivity index (χ1v) is 9.56. The van der Waals surface area contributed by atoms with E-state index in [1.54, 1.807) is 20.3 Å². The Bertz CT molecular complexity index is 762. The van der Waals surface area contributed by atoms with Crippen LogP contribution in [0.2, 0.25) is 10.0 Å². The lowest BCUT2D eigenvalue weighted by Crippen LogP contribution is -2.29. The van der Waals surface area contributed by atoms with Crippen molar-refractivity contribution in [3.8, 4) is 11.5 Å². The van der Waals surface area contributed by atoms with Gasteiger partial charge >= 0.3 is 0 Å². The van der Waals surface area contributed by atoms with E-state index in [2.05, 4.69) is 22.3 Å². The van der Waals surface area contributed by atoms with Gasteiger partial charge in [-0.05, 0) is 43.5 Å². The first kappa shape index (κ1) is 19.0. The molecule has 1 aliphatic heterocycles. The van der Waals surface area contributed by atoms with E-state index in [0.717, 1.165) is 35.1 Å². The van der Waals surface area contributed by atoms with Crippen LogP contribution in [0.4, 0.5) is 11.4 Å². The van der Waals surface area contributed by atoms with Gasteiger partial charge in [0.25, 0.3) is 0 Å². The Kier molecular flexibility index (Phi) is 6.38. The Hall–Kier alpha value is -1.78. The number of benzene rings is 2. The van der Waals surface area contributed by atoms with Gasteiger partial charge in [0.2, 0.25) is 0 Å². The highest BCUT2D eigenvalue weighted by molar-refractivity contribution is 6.33. The molecule has 3 rings (SSSR count). The molecular weight excluding hydrogens is 371 g/mol. The van der Waals surface area contributed by atoms with Crippen molar-refractivity contribution in [3.05, 3.63) is 45.9 Å². The third-order valence-corrected chi connectivity index (χ3v) is 5.17. The van der Waals surface area contributed by atoms with E-state index in [0.29, 0.717) is 23.1 Å². The molecule has 26 heavy (non-hydrogen) atoms. The number of nitrogens with zero attached hydrogens (tertiary/aromatic N) is 1. The van der Waals surface area contributed by atoms with Crippen molar-refractivity contribution in [2.75, 3.05) is 37.5 Å². The Balaban J connectivity index is 1.74. The van der Waals surface area contributed by atoms with E-state index in [4.69, 9.17) is 32.7 Å². The zero-order chi connectivity index (χ0) is 18.5. The third kappa shape index (κ3) is 4.30. The predicted octanol–water partition coefficient (Wildman–Crippen LogP) is 5.61. The molecule has 0 aliphatic carbocycles. The highest BCUT2D eigenvalue weighted by Crippen LogP contribution is 2.35. The number of rotatable bonds is 6. The summed E-state index contributed by atoms with van der Waals surface area (Å²) in [5.41, 5.74) is 2.99. The van der Waals surface area contributed by atoms with Crippen LogP contribution in [-0.4, -0.2) is 27.3 Å².